The number of aromatic nitrogens is 1. The van der Waals surface area contributed by atoms with Crippen LogP contribution in [0.1, 0.15) is 46.8 Å². The number of hydrogen-bond acceptors (Lipinski definition) is 4. The van der Waals surface area contributed by atoms with Gasteiger partial charge in [0.15, 0.2) is 10.7 Å². The molecule has 0 spiro atoms. The maximum Gasteiger partial charge on any atom is 0.258 e. The van der Waals surface area contributed by atoms with Gasteiger partial charge in [-0.25, -0.2) is 4.98 Å². The van der Waals surface area contributed by atoms with Gasteiger partial charge < -0.3 is 9.73 Å². The lowest BCUT2D eigenvalue weighted by Gasteiger charge is -2.11. The van der Waals surface area contributed by atoms with E-state index < -0.39 is 0 Å². The van der Waals surface area contributed by atoms with Crippen LogP contribution < -0.4 is 10.6 Å². The number of fused-ring (bicyclic) bond motifs is 1. The first kappa shape index (κ1) is 23.0. The predicted octanol–water partition coefficient (Wildman–Crippen LogP) is 6.38. The second-order valence-corrected chi connectivity index (χ2v) is 9.03. The number of nitrogens with one attached hydrogen (secondary N) is 2. The van der Waals surface area contributed by atoms with Crippen LogP contribution in [0.25, 0.3) is 22.6 Å². The van der Waals surface area contributed by atoms with Crippen molar-refractivity contribution in [1.82, 2.24) is 15.6 Å². The maximum atomic E-state index is 12.4. The Labute approximate surface area is 203 Å². The van der Waals surface area contributed by atoms with E-state index in [1.165, 1.54) is 5.56 Å². The van der Waals surface area contributed by atoms with Crippen LogP contribution in [0, 0.1) is 6.92 Å². The third-order valence-electron chi connectivity index (χ3n) is 5.33. The number of aryl methyl sites for hydroxylation is 1. The van der Waals surface area contributed by atoms with E-state index in [-0.39, 0.29) is 11.0 Å². The van der Waals surface area contributed by atoms with E-state index in [4.69, 9.17) is 28.2 Å². The third kappa shape index (κ3) is 5.41. The number of oxazole rings is 1. The molecular formula is C26H24ClN3O2S. The van der Waals surface area contributed by atoms with Gasteiger partial charge in [0.1, 0.15) is 5.52 Å². The highest BCUT2D eigenvalue weighted by molar-refractivity contribution is 7.80. The number of carbonyl (C=O) groups is 1. The van der Waals surface area contributed by atoms with Crippen molar-refractivity contribution in [2.45, 2.75) is 33.2 Å². The molecule has 4 aromatic rings. The van der Waals surface area contributed by atoms with Gasteiger partial charge in [-0.2, -0.15) is 0 Å². The molecule has 5 nitrogen and oxygen atoms in total. The molecule has 1 aromatic heterocycles. The van der Waals surface area contributed by atoms with Gasteiger partial charge in [0.05, 0.1) is 10.6 Å². The van der Waals surface area contributed by atoms with Crippen LogP contribution >= 0.6 is 23.8 Å². The summed E-state index contributed by atoms with van der Waals surface area (Å²) in [6.07, 6.45) is 0. The zero-order valence-electron chi connectivity index (χ0n) is 18.6. The van der Waals surface area contributed by atoms with Crippen molar-refractivity contribution in [2.24, 2.45) is 0 Å². The van der Waals surface area contributed by atoms with Gasteiger partial charge in [-0.05, 0) is 78.1 Å². The lowest BCUT2D eigenvalue weighted by Crippen LogP contribution is -2.38. The standard InChI is InChI=1S/C26H24ClN3O2S/c1-15(2)19-9-11-23-22(13-19)29-25(32-23)18-7-5-17(6-8-18)14-28-26(33)30-24(31)20-10-4-16(3)12-21(20)27/h4-13,15H,14H2,1-3H3,(H2,28,30,31,33). The minimum atomic E-state index is -0.343. The molecule has 0 aliphatic carbocycles. The van der Waals surface area contributed by atoms with Gasteiger partial charge in [-0.1, -0.05) is 49.7 Å². The van der Waals surface area contributed by atoms with Crippen molar-refractivity contribution in [3.63, 3.8) is 0 Å². The molecule has 3 aromatic carbocycles. The Hall–Kier alpha value is -3.22. The number of thiocarbonyl (C=S) groups is 1. The van der Waals surface area contributed by atoms with Crippen LogP contribution in [-0.4, -0.2) is 16.0 Å². The highest BCUT2D eigenvalue weighted by Gasteiger charge is 2.13. The monoisotopic (exact) mass is 477 g/mol. The Kier molecular flexibility index (Phi) is 6.77. The van der Waals surface area contributed by atoms with E-state index in [0.717, 1.165) is 27.8 Å². The molecule has 1 heterocycles. The van der Waals surface area contributed by atoms with Crippen molar-refractivity contribution >= 4 is 45.9 Å². The van der Waals surface area contributed by atoms with Crippen molar-refractivity contribution in [3.8, 4) is 11.5 Å². The fourth-order valence-electron chi connectivity index (χ4n) is 3.39. The number of hydrogen-bond donors (Lipinski definition) is 2. The average Bonchev–Trinajstić information content (AvgIpc) is 3.21. The molecule has 7 heteroatoms. The normalized spacial score (nSPS) is 11.1. The van der Waals surface area contributed by atoms with E-state index in [2.05, 4.69) is 41.6 Å². The molecule has 0 fully saturated rings. The summed E-state index contributed by atoms with van der Waals surface area (Å²) in [7, 11) is 0. The summed E-state index contributed by atoms with van der Waals surface area (Å²) < 4.78 is 5.92. The zero-order chi connectivity index (χ0) is 23.5. The minimum absolute atomic E-state index is 0.237. The van der Waals surface area contributed by atoms with Crippen LogP contribution in [0.15, 0.2) is 65.1 Å². The predicted molar refractivity (Wildman–Crippen MR) is 137 cm³/mol. The Morgan fingerprint density at radius 2 is 1.85 bits per heavy atom. The zero-order valence-corrected chi connectivity index (χ0v) is 20.2. The summed E-state index contributed by atoms with van der Waals surface area (Å²) >= 11 is 11.4. The van der Waals surface area contributed by atoms with E-state index in [0.29, 0.717) is 28.9 Å². The molecule has 0 aliphatic heterocycles. The van der Waals surface area contributed by atoms with Crippen molar-refractivity contribution in [3.05, 3.63) is 87.9 Å². The first-order valence-corrected chi connectivity index (χ1v) is 11.4. The van der Waals surface area contributed by atoms with E-state index >= 15 is 0 Å². The van der Waals surface area contributed by atoms with Gasteiger partial charge in [0.2, 0.25) is 5.89 Å². The molecule has 0 bridgehead atoms. The summed E-state index contributed by atoms with van der Waals surface area (Å²) in [5.74, 6) is 0.679. The molecule has 33 heavy (non-hydrogen) atoms. The number of benzene rings is 3. The molecule has 0 aliphatic rings. The second-order valence-electron chi connectivity index (χ2n) is 8.22. The molecule has 0 saturated heterocycles. The number of carbonyl (C=O) groups excluding carboxylic acids is 1. The minimum Gasteiger partial charge on any atom is -0.436 e. The molecule has 1 amide bonds. The van der Waals surface area contributed by atoms with Crippen molar-refractivity contribution < 1.29 is 9.21 Å². The Balaban J connectivity index is 1.37. The fraction of sp³-hybridized carbons (Fsp3) is 0.192. The summed E-state index contributed by atoms with van der Waals surface area (Å²) in [6, 6.07) is 19.2. The molecule has 0 atom stereocenters. The molecule has 0 unspecified atom stereocenters. The SMILES string of the molecule is Cc1ccc(C(=O)NC(=S)NCc2ccc(-c3nc4cc(C(C)C)ccc4o3)cc2)c(Cl)c1. The number of nitrogens with zero attached hydrogens (tertiary/aromatic N) is 1. The highest BCUT2D eigenvalue weighted by atomic mass is 35.5. The van der Waals surface area contributed by atoms with E-state index in [1.807, 2.05) is 43.3 Å². The van der Waals surface area contributed by atoms with Crippen LogP contribution in [0.3, 0.4) is 0 Å². The Morgan fingerprint density at radius 1 is 1.09 bits per heavy atom. The Morgan fingerprint density at radius 3 is 2.55 bits per heavy atom. The van der Waals surface area contributed by atoms with Gasteiger partial charge >= 0.3 is 0 Å². The molecule has 4 rings (SSSR count). The molecular weight excluding hydrogens is 454 g/mol. The van der Waals surface area contributed by atoms with Crippen molar-refractivity contribution in [2.75, 3.05) is 0 Å². The first-order chi connectivity index (χ1) is 15.8. The summed E-state index contributed by atoms with van der Waals surface area (Å²) in [6.45, 7) is 6.69. The lowest BCUT2D eigenvalue weighted by atomic mass is 10.0. The first-order valence-electron chi connectivity index (χ1n) is 10.7. The molecule has 0 radical (unpaired) electrons. The third-order valence-corrected chi connectivity index (χ3v) is 5.89. The van der Waals surface area contributed by atoms with Crippen LogP contribution in [0.5, 0.6) is 0 Å². The molecule has 168 valence electrons. The summed E-state index contributed by atoms with van der Waals surface area (Å²) in [5.41, 5.74) is 6.13. The van der Waals surface area contributed by atoms with E-state index in [1.54, 1.807) is 12.1 Å². The number of halogens is 1. The van der Waals surface area contributed by atoms with Gasteiger partial charge in [-0.15, -0.1) is 0 Å². The quantitative estimate of drug-likeness (QED) is 0.326. The van der Waals surface area contributed by atoms with Crippen LogP contribution in [-0.2, 0) is 6.54 Å². The molecule has 2 N–H and O–H groups in total. The number of rotatable bonds is 5. The topological polar surface area (TPSA) is 67.2 Å². The Bertz CT molecular complexity index is 1330. The van der Waals surface area contributed by atoms with Crippen molar-refractivity contribution in [1.29, 1.82) is 0 Å². The molecule has 0 saturated carbocycles. The fourth-order valence-corrected chi connectivity index (χ4v) is 3.88. The van der Waals surface area contributed by atoms with Crippen LogP contribution in [0.2, 0.25) is 5.02 Å². The van der Waals surface area contributed by atoms with Gasteiger partial charge in [-0.3, -0.25) is 10.1 Å². The summed E-state index contributed by atoms with van der Waals surface area (Å²) in [4.78, 5) is 17.0. The maximum absolute atomic E-state index is 12.4. The largest absolute Gasteiger partial charge is 0.436 e. The smallest absolute Gasteiger partial charge is 0.258 e. The number of amides is 1. The lowest BCUT2D eigenvalue weighted by molar-refractivity contribution is 0.0977. The van der Waals surface area contributed by atoms with Gasteiger partial charge in [0, 0.05) is 12.1 Å². The van der Waals surface area contributed by atoms with E-state index in [9.17, 15) is 4.79 Å². The average molecular weight is 478 g/mol. The second kappa shape index (κ2) is 9.73. The van der Waals surface area contributed by atoms with Gasteiger partial charge in [0.25, 0.3) is 5.91 Å². The van der Waals surface area contributed by atoms with Crippen LogP contribution in [0.4, 0.5) is 0 Å². The summed E-state index contributed by atoms with van der Waals surface area (Å²) in [5, 5.41) is 6.34. The highest BCUT2D eigenvalue weighted by Crippen LogP contribution is 2.27.